The van der Waals surface area contributed by atoms with E-state index < -0.39 is 0 Å². The maximum atomic E-state index is 12.7. The van der Waals surface area contributed by atoms with Crippen LogP contribution < -0.4 is 16.7 Å². The molecule has 0 spiro atoms. The van der Waals surface area contributed by atoms with Crippen LogP contribution in [-0.4, -0.2) is 26.8 Å². The second-order valence-corrected chi connectivity index (χ2v) is 7.70. The van der Waals surface area contributed by atoms with Gasteiger partial charge in [-0.25, -0.2) is 13.9 Å². The van der Waals surface area contributed by atoms with E-state index in [0.29, 0.717) is 24.9 Å². The van der Waals surface area contributed by atoms with Gasteiger partial charge in [-0.05, 0) is 41.0 Å². The zero-order chi connectivity index (χ0) is 19.7. The minimum Gasteiger partial charge on any atom is -0.327 e. The summed E-state index contributed by atoms with van der Waals surface area (Å²) in [4.78, 5) is 26.0. The molecule has 0 fully saturated rings. The molecule has 3 aromatic rings. The highest BCUT2D eigenvalue weighted by molar-refractivity contribution is 7.15. The molecule has 0 unspecified atom stereocenters. The highest BCUT2D eigenvalue weighted by Crippen LogP contribution is 2.33. The third-order valence-electron chi connectivity index (χ3n) is 4.57. The molecular weight excluding hydrogens is 381 g/mol. The van der Waals surface area contributed by atoms with Crippen molar-refractivity contribution < 1.29 is 9.18 Å². The molecule has 0 aliphatic carbocycles. The van der Waals surface area contributed by atoms with Crippen molar-refractivity contribution in [1.29, 1.82) is 0 Å². The van der Waals surface area contributed by atoms with Gasteiger partial charge in [-0.1, -0.05) is 6.07 Å². The number of amides is 1. The number of nitrogens with two attached hydrogens (primary N) is 1. The van der Waals surface area contributed by atoms with E-state index in [0.717, 1.165) is 26.6 Å². The third kappa shape index (κ3) is 3.54. The van der Waals surface area contributed by atoms with Gasteiger partial charge in [0.1, 0.15) is 6.33 Å². The molecule has 1 aliphatic heterocycles. The van der Waals surface area contributed by atoms with Gasteiger partial charge in [-0.15, -0.1) is 11.3 Å². The van der Waals surface area contributed by atoms with Crippen LogP contribution >= 0.6 is 11.3 Å². The van der Waals surface area contributed by atoms with E-state index >= 15 is 0 Å². The summed E-state index contributed by atoms with van der Waals surface area (Å²) < 4.78 is 15.4. The molecule has 1 aromatic carbocycles. The zero-order valence-corrected chi connectivity index (χ0v) is 15.7. The summed E-state index contributed by atoms with van der Waals surface area (Å²) in [7, 11) is 0. The SMILES string of the molecule is NC/C(=C\F)Cn1ncn(Cc2ccc(-c3ccc4c(c3)CC(=O)N4)s2)c1=O. The van der Waals surface area contributed by atoms with E-state index in [1.807, 2.05) is 30.3 Å². The van der Waals surface area contributed by atoms with Crippen LogP contribution in [0.5, 0.6) is 0 Å². The van der Waals surface area contributed by atoms with E-state index in [-0.39, 0.29) is 24.7 Å². The lowest BCUT2D eigenvalue weighted by atomic mass is 10.1. The fourth-order valence-corrected chi connectivity index (χ4v) is 4.10. The molecule has 144 valence electrons. The first kappa shape index (κ1) is 18.3. The lowest BCUT2D eigenvalue weighted by Crippen LogP contribution is -2.26. The number of benzene rings is 1. The lowest BCUT2D eigenvalue weighted by Gasteiger charge is -2.02. The van der Waals surface area contributed by atoms with Crippen LogP contribution in [0.1, 0.15) is 10.4 Å². The van der Waals surface area contributed by atoms with Crippen LogP contribution in [0.15, 0.2) is 53.4 Å². The number of halogens is 1. The quantitative estimate of drug-likeness (QED) is 0.664. The van der Waals surface area contributed by atoms with Crippen LogP contribution in [0.25, 0.3) is 10.4 Å². The van der Waals surface area contributed by atoms with Crippen molar-refractivity contribution in [2.75, 3.05) is 11.9 Å². The molecular formula is C19H18FN5O2S. The summed E-state index contributed by atoms with van der Waals surface area (Å²) in [5.74, 6) is 0.0100. The van der Waals surface area contributed by atoms with Crippen LogP contribution in [0.3, 0.4) is 0 Å². The molecule has 1 amide bonds. The van der Waals surface area contributed by atoms with Gasteiger partial charge in [0.15, 0.2) is 0 Å². The molecule has 0 saturated carbocycles. The average molecular weight is 399 g/mol. The Balaban J connectivity index is 1.52. The van der Waals surface area contributed by atoms with Crippen molar-refractivity contribution in [3.05, 3.63) is 69.5 Å². The van der Waals surface area contributed by atoms with E-state index in [4.69, 9.17) is 5.73 Å². The Morgan fingerprint density at radius 2 is 2.18 bits per heavy atom. The number of rotatable bonds is 6. The molecule has 28 heavy (non-hydrogen) atoms. The number of fused-ring (bicyclic) bond motifs is 1. The maximum absolute atomic E-state index is 12.7. The normalized spacial score (nSPS) is 13.6. The van der Waals surface area contributed by atoms with Gasteiger partial charge < -0.3 is 11.1 Å². The molecule has 0 saturated heterocycles. The van der Waals surface area contributed by atoms with Crippen molar-refractivity contribution in [2.24, 2.45) is 5.73 Å². The molecule has 1 aliphatic rings. The number of nitrogens with one attached hydrogen (secondary N) is 1. The van der Waals surface area contributed by atoms with E-state index in [9.17, 15) is 14.0 Å². The van der Waals surface area contributed by atoms with Crippen LogP contribution in [0.2, 0.25) is 0 Å². The highest BCUT2D eigenvalue weighted by atomic mass is 32.1. The van der Waals surface area contributed by atoms with E-state index in [1.54, 1.807) is 11.3 Å². The van der Waals surface area contributed by atoms with Gasteiger partial charge in [0.05, 0.1) is 25.8 Å². The van der Waals surface area contributed by atoms with E-state index in [1.165, 1.54) is 15.6 Å². The standard InChI is InChI=1S/C19H18FN5O2S/c20-7-12(8-21)9-25-19(27)24(11-22-25)10-15-2-4-17(28-15)13-1-3-16-14(5-13)6-18(26)23-16/h1-5,7,11H,6,8-10,21H2,(H,23,26)/b12-7+. The number of hydrogen-bond donors (Lipinski definition) is 2. The smallest absolute Gasteiger partial charge is 0.327 e. The largest absolute Gasteiger partial charge is 0.346 e. The Morgan fingerprint density at radius 3 is 2.96 bits per heavy atom. The van der Waals surface area contributed by atoms with Crippen molar-refractivity contribution in [2.45, 2.75) is 19.5 Å². The number of nitrogens with zero attached hydrogens (tertiary/aromatic N) is 3. The predicted molar refractivity (Wildman–Crippen MR) is 106 cm³/mol. The van der Waals surface area contributed by atoms with Gasteiger partial charge >= 0.3 is 5.69 Å². The molecule has 2 aromatic heterocycles. The second-order valence-electron chi connectivity index (χ2n) is 6.53. The number of aromatic nitrogens is 3. The highest BCUT2D eigenvalue weighted by Gasteiger charge is 2.18. The monoisotopic (exact) mass is 399 g/mol. The van der Waals surface area contributed by atoms with Gasteiger partial charge in [0.25, 0.3) is 0 Å². The summed E-state index contributed by atoms with van der Waals surface area (Å²) in [5.41, 5.74) is 8.31. The molecule has 9 heteroatoms. The molecule has 0 bridgehead atoms. The number of thiophene rings is 1. The van der Waals surface area contributed by atoms with Crippen molar-refractivity contribution in [3.63, 3.8) is 0 Å². The summed E-state index contributed by atoms with van der Waals surface area (Å²) in [6, 6.07) is 9.87. The number of carbonyl (C=O) groups is 1. The van der Waals surface area contributed by atoms with E-state index in [2.05, 4.69) is 10.4 Å². The number of anilines is 1. The van der Waals surface area contributed by atoms with Gasteiger partial charge in [0.2, 0.25) is 5.91 Å². The summed E-state index contributed by atoms with van der Waals surface area (Å²) in [6.07, 6.45) is 2.26. The minimum absolute atomic E-state index is 0.0100. The fourth-order valence-electron chi connectivity index (χ4n) is 3.09. The van der Waals surface area contributed by atoms with Crippen molar-refractivity contribution in [1.82, 2.24) is 14.3 Å². The number of hydrogen-bond acceptors (Lipinski definition) is 5. The van der Waals surface area contributed by atoms with Gasteiger partial charge in [0, 0.05) is 22.0 Å². The zero-order valence-electron chi connectivity index (χ0n) is 14.9. The summed E-state index contributed by atoms with van der Waals surface area (Å²) >= 11 is 1.57. The first-order chi connectivity index (χ1) is 13.6. The van der Waals surface area contributed by atoms with Gasteiger partial charge in [-0.3, -0.25) is 9.36 Å². The molecule has 7 nitrogen and oxygen atoms in total. The van der Waals surface area contributed by atoms with Crippen LogP contribution in [0.4, 0.5) is 10.1 Å². The van der Waals surface area contributed by atoms with Crippen LogP contribution in [-0.2, 0) is 24.3 Å². The molecule has 0 atom stereocenters. The molecule has 4 rings (SSSR count). The Morgan fingerprint density at radius 1 is 1.32 bits per heavy atom. The summed E-state index contributed by atoms with van der Waals surface area (Å²) in [6.45, 7) is 0.453. The fraction of sp³-hybridized carbons (Fsp3) is 0.211. The predicted octanol–water partition coefficient (Wildman–Crippen LogP) is 2.13. The molecule has 3 N–H and O–H groups in total. The Hall–Kier alpha value is -3.04. The topological polar surface area (TPSA) is 94.9 Å². The van der Waals surface area contributed by atoms with Crippen LogP contribution in [0, 0.1) is 0 Å². The number of carbonyl (C=O) groups excluding carboxylic acids is 1. The Kier molecular flexibility index (Phi) is 4.93. The van der Waals surface area contributed by atoms with Crippen molar-refractivity contribution in [3.8, 4) is 10.4 Å². The Labute approximate surface area is 163 Å². The summed E-state index contributed by atoms with van der Waals surface area (Å²) in [5, 5.41) is 6.85. The van der Waals surface area contributed by atoms with Crippen molar-refractivity contribution >= 4 is 22.9 Å². The molecule has 3 heterocycles. The molecule has 0 radical (unpaired) electrons. The Bertz CT molecular complexity index is 1130. The minimum atomic E-state index is -0.315. The second kappa shape index (κ2) is 7.53. The maximum Gasteiger partial charge on any atom is 0.346 e. The average Bonchev–Trinajstić information content (AvgIpc) is 3.39. The lowest BCUT2D eigenvalue weighted by molar-refractivity contribution is -0.115. The first-order valence-corrected chi connectivity index (χ1v) is 9.51. The third-order valence-corrected chi connectivity index (χ3v) is 5.69. The van der Waals surface area contributed by atoms with Gasteiger partial charge in [-0.2, -0.15) is 5.10 Å². The first-order valence-electron chi connectivity index (χ1n) is 8.69.